The van der Waals surface area contributed by atoms with Gasteiger partial charge in [-0.3, -0.25) is 4.79 Å². The minimum Gasteiger partial charge on any atom is -0.433 e. The van der Waals surface area contributed by atoms with Crippen molar-refractivity contribution in [1.82, 2.24) is 0 Å². The van der Waals surface area contributed by atoms with Gasteiger partial charge in [0.25, 0.3) is 0 Å². The summed E-state index contributed by atoms with van der Waals surface area (Å²) < 4.78 is 5.28. The molecule has 0 aromatic heterocycles. The molecule has 2 N–H and O–H groups in total. The summed E-state index contributed by atoms with van der Waals surface area (Å²) in [6.45, 7) is 6.05. The number of allylic oxidation sites excluding steroid dienone is 1. The molecule has 106 valence electrons. The second-order valence-electron chi connectivity index (χ2n) is 6.71. The number of rotatable bonds is 0. The number of aliphatic hydroxyl groups is 2. The van der Waals surface area contributed by atoms with E-state index in [0.29, 0.717) is 19.3 Å². The number of esters is 1. The first kappa shape index (κ1) is 13.1. The van der Waals surface area contributed by atoms with Gasteiger partial charge in [0.05, 0.1) is 12.0 Å². The summed E-state index contributed by atoms with van der Waals surface area (Å²) >= 11 is 0. The first-order valence-electron chi connectivity index (χ1n) is 7.13. The van der Waals surface area contributed by atoms with Crippen molar-refractivity contribution >= 4 is 5.97 Å². The lowest BCUT2D eigenvalue weighted by atomic mass is 9.51. The number of carbonyl (C=O) groups is 1. The van der Waals surface area contributed by atoms with Crippen LogP contribution < -0.4 is 0 Å². The lowest BCUT2D eigenvalue weighted by Crippen LogP contribution is -2.54. The lowest BCUT2D eigenvalue weighted by Gasteiger charge is -2.53. The summed E-state index contributed by atoms with van der Waals surface area (Å²) in [6.07, 6.45) is 3.32. The molecule has 2 fully saturated rings. The van der Waals surface area contributed by atoms with Gasteiger partial charge in [-0.15, -0.1) is 0 Å². The number of hydrogen-bond donors (Lipinski definition) is 2. The fourth-order valence-electron chi connectivity index (χ4n) is 4.63. The van der Waals surface area contributed by atoms with E-state index in [4.69, 9.17) is 4.74 Å². The molecule has 4 heteroatoms. The second-order valence-corrected chi connectivity index (χ2v) is 6.71. The lowest BCUT2D eigenvalue weighted by molar-refractivity contribution is -0.230. The van der Waals surface area contributed by atoms with Crippen molar-refractivity contribution in [2.45, 2.75) is 51.9 Å². The van der Waals surface area contributed by atoms with Crippen LogP contribution in [0, 0.1) is 23.2 Å². The number of aliphatic hydroxyl groups excluding tert-OH is 1. The Balaban J connectivity index is 2.11. The monoisotopic (exact) mass is 266 g/mol. The van der Waals surface area contributed by atoms with Crippen molar-refractivity contribution in [3.8, 4) is 0 Å². The van der Waals surface area contributed by atoms with Crippen LogP contribution >= 0.6 is 0 Å². The van der Waals surface area contributed by atoms with E-state index < -0.39 is 11.9 Å². The molecule has 0 spiro atoms. The summed E-state index contributed by atoms with van der Waals surface area (Å²) in [4.78, 5) is 11.9. The Hall–Kier alpha value is -0.870. The Morgan fingerprint density at radius 2 is 2.11 bits per heavy atom. The zero-order valence-corrected chi connectivity index (χ0v) is 11.7. The Labute approximate surface area is 113 Å². The van der Waals surface area contributed by atoms with Gasteiger partial charge in [-0.25, -0.2) is 0 Å². The zero-order valence-electron chi connectivity index (χ0n) is 11.7. The van der Waals surface area contributed by atoms with Crippen LogP contribution in [0.1, 0.15) is 40.0 Å². The molecule has 0 aromatic carbocycles. The van der Waals surface area contributed by atoms with Gasteiger partial charge in [0.1, 0.15) is 0 Å². The number of carbonyl (C=O) groups excluding carboxylic acids is 1. The normalized spacial score (nSPS) is 53.1. The SMILES string of the molecule is CC1C(=O)OC2(O)CCC3=CC(O)CC(C)C3(C)C12. The molecule has 0 aromatic rings. The first-order valence-corrected chi connectivity index (χ1v) is 7.13. The Morgan fingerprint density at radius 1 is 1.42 bits per heavy atom. The summed E-state index contributed by atoms with van der Waals surface area (Å²) in [6, 6.07) is 0. The first-order chi connectivity index (χ1) is 8.79. The van der Waals surface area contributed by atoms with Crippen molar-refractivity contribution in [2.75, 3.05) is 0 Å². The third kappa shape index (κ3) is 1.56. The molecule has 19 heavy (non-hydrogen) atoms. The van der Waals surface area contributed by atoms with Crippen LogP contribution in [0.15, 0.2) is 11.6 Å². The van der Waals surface area contributed by atoms with Crippen molar-refractivity contribution in [3.05, 3.63) is 11.6 Å². The molecule has 0 bridgehead atoms. The highest BCUT2D eigenvalue weighted by Gasteiger charge is 2.65. The Kier molecular flexibility index (Phi) is 2.64. The van der Waals surface area contributed by atoms with Gasteiger partial charge in [0, 0.05) is 17.8 Å². The smallest absolute Gasteiger partial charge is 0.311 e. The van der Waals surface area contributed by atoms with E-state index in [1.165, 1.54) is 5.57 Å². The fraction of sp³-hybridized carbons (Fsp3) is 0.800. The van der Waals surface area contributed by atoms with Crippen molar-refractivity contribution < 1.29 is 19.7 Å². The number of hydrogen-bond acceptors (Lipinski definition) is 4. The van der Waals surface area contributed by atoms with Crippen molar-refractivity contribution in [1.29, 1.82) is 0 Å². The molecule has 0 radical (unpaired) electrons. The highest BCUT2D eigenvalue weighted by molar-refractivity contribution is 5.76. The van der Waals surface area contributed by atoms with Crippen molar-refractivity contribution in [3.63, 3.8) is 0 Å². The standard InChI is InChI=1S/C15H22O4/c1-8-6-11(16)7-10-4-5-15(18)12(14(8,10)3)9(2)13(17)19-15/h7-9,11-12,16,18H,4-6H2,1-3H3. The molecule has 1 heterocycles. The van der Waals surface area contributed by atoms with Crippen LogP contribution in [0.5, 0.6) is 0 Å². The molecule has 1 saturated carbocycles. The molecule has 3 aliphatic rings. The van der Waals surface area contributed by atoms with Crippen LogP contribution in [-0.4, -0.2) is 28.1 Å². The van der Waals surface area contributed by atoms with Gasteiger partial charge in [-0.2, -0.15) is 0 Å². The molecule has 1 saturated heterocycles. The van der Waals surface area contributed by atoms with Crippen LogP contribution in [0.25, 0.3) is 0 Å². The summed E-state index contributed by atoms with van der Waals surface area (Å²) in [5.41, 5.74) is 0.913. The average molecular weight is 266 g/mol. The molecule has 2 aliphatic carbocycles. The minimum atomic E-state index is -1.32. The molecule has 6 unspecified atom stereocenters. The molecule has 6 atom stereocenters. The quantitative estimate of drug-likeness (QED) is 0.516. The summed E-state index contributed by atoms with van der Waals surface area (Å²) in [5.74, 6) is -1.91. The molecule has 0 amide bonds. The molecular formula is C15H22O4. The fourth-order valence-corrected chi connectivity index (χ4v) is 4.63. The van der Waals surface area contributed by atoms with Gasteiger partial charge in [0.15, 0.2) is 0 Å². The van der Waals surface area contributed by atoms with Crippen LogP contribution in [-0.2, 0) is 9.53 Å². The molecule has 3 rings (SSSR count). The predicted molar refractivity (Wildman–Crippen MR) is 68.9 cm³/mol. The van der Waals surface area contributed by atoms with E-state index >= 15 is 0 Å². The number of fused-ring (bicyclic) bond motifs is 3. The second kappa shape index (κ2) is 3.83. The van der Waals surface area contributed by atoms with Crippen molar-refractivity contribution in [2.24, 2.45) is 23.2 Å². The van der Waals surface area contributed by atoms with E-state index in [1.54, 1.807) is 0 Å². The molecule has 1 aliphatic heterocycles. The van der Waals surface area contributed by atoms with Gasteiger partial charge < -0.3 is 14.9 Å². The average Bonchev–Trinajstić information content (AvgIpc) is 2.54. The molecule has 4 nitrogen and oxygen atoms in total. The minimum absolute atomic E-state index is 0.213. The predicted octanol–water partition coefficient (Wildman–Crippen LogP) is 1.61. The summed E-state index contributed by atoms with van der Waals surface area (Å²) in [5, 5.41) is 20.6. The highest BCUT2D eigenvalue weighted by Crippen LogP contribution is 2.61. The third-order valence-electron chi connectivity index (χ3n) is 5.74. The van der Waals surface area contributed by atoms with E-state index in [0.717, 1.165) is 0 Å². The zero-order chi connectivity index (χ0) is 14.0. The van der Waals surface area contributed by atoms with E-state index in [-0.39, 0.29) is 29.1 Å². The van der Waals surface area contributed by atoms with Gasteiger partial charge in [-0.05, 0) is 18.8 Å². The third-order valence-corrected chi connectivity index (χ3v) is 5.74. The van der Waals surface area contributed by atoms with Gasteiger partial charge >= 0.3 is 5.97 Å². The Morgan fingerprint density at radius 3 is 2.79 bits per heavy atom. The molecular weight excluding hydrogens is 244 g/mol. The maximum atomic E-state index is 11.9. The topological polar surface area (TPSA) is 66.8 Å². The van der Waals surface area contributed by atoms with E-state index in [9.17, 15) is 15.0 Å². The van der Waals surface area contributed by atoms with Gasteiger partial charge in [-0.1, -0.05) is 32.4 Å². The number of ether oxygens (including phenoxy) is 1. The highest BCUT2D eigenvalue weighted by atomic mass is 16.7. The van der Waals surface area contributed by atoms with Crippen LogP contribution in [0.2, 0.25) is 0 Å². The maximum absolute atomic E-state index is 11.9. The van der Waals surface area contributed by atoms with Gasteiger partial charge in [0.2, 0.25) is 5.79 Å². The van der Waals surface area contributed by atoms with Crippen LogP contribution in [0.3, 0.4) is 0 Å². The largest absolute Gasteiger partial charge is 0.433 e. The Bertz CT molecular complexity index is 457. The maximum Gasteiger partial charge on any atom is 0.311 e. The van der Waals surface area contributed by atoms with E-state index in [2.05, 4.69) is 13.8 Å². The van der Waals surface area contributed by atoms with E-state index in [1.807, 2.05) is 13.0 Å². The summed E-state index contributed by atoms with van der Waals surface area (Å²) in [7, 11) is 0. The van der Waals surface area contributed by atoms with Crippen LogP contribution in [0.4, 0.5) is 0 Å².